The fourth-order valence-corrected chi connectivity index (χ4v) is 2.46. The summed E-state index contributed by atoms with van der Waals surface area (Å²) in [6.45, 7) is 4.76. The fraction of sp³-hybridized carbons (Fsp3) is 1.00. The van der Waals surface area contributed by atoms with Crippen LogP contribution in [0.5, 0.6) is 0 Å². The van der Waals surface area contributed by atoms with Crippen molar-refractivity contribution >= 4 is 0 Å². The first-order valence-corrected chi connectivity index (χ1v) is 4.31. The van der Waals surface area contributed by atoms with E-state index in [9.17, 15) is 5.11 Å². The number of rotatable bonds is 0. The van der Waals surface area contributed by atoms with E-state index in [4.69, 9.17) is 0 Å². The average Bonchev–Trinajstić information content (AvgIpc) is 2.00. The van der Waals surface area contributed by atoms with Gasteiger partial charge in [-0.3, -0.25) is 0 Å². The van der Waals surface area contributed by atoms with Gasteiger partial charge in [0, 0.05) is 18.8 Å². The smallest absolute Gasteiger partial charge is 0.111 e. The molecule has 3 rings (SSSR count). The third-order valence-corrected chi connectivity index (χ3v) is 3.31. The van der Waals surface area contributed by atoms with Gasteiger partial charge in [-0.15, -0.1) is 0 Å². The quantitative estimate of drug-likeness (QED) is 0.447. The maximum absolute atomic E-state index is 9.65. The van der Waals surface area contributed by atoms with E-state index in [1.54, 1.807) is 4.90 Å². The first-order valence-electron chi connectivity index (χ1n) is 4.31. The van der Waals surface area contributed by atoms with E-state index in [0.717, 1.165) is 0 Å². The van der Waals surface area contributed by atoms with E-state index in [1.807, 2.05) is 0 Å². The monoisotopic (exact) mass is 142 g/mol. The third kappa shape index (κ3) is 0.789. The molecule has 3 saturated heterocycles. The van der Waals surface area contributed by atoms with Crippen LogP contribution in [-0.4, -0.2) is 30.3 Å². The highest BCUT2D eigenvalue weighted by atomic mass is 16.3. The Morgan fingerprint density at radius 1 is 1.30 bits per heavy atom. The summed E-state index contributed by atoms with van der Waals surface area (Å²) in [5, 5.41) is 9.65. The molecule has 2 heteroatoms. The summed E-state index contributed by atoms with van der Waals surface area (Å²) in [7, 11) is 0. The number of aliphatic hydroxyl groups excluding tert-OH is 1. The molecule has 10 heavy (non-hydrogen) atoms. The second-order valence-corrected chi connectivity index (χ2v) is 3.77. The lowest BCUT2D eigenvalue weighted by Gasteiger charge is -2.44. The number of quaternary nitrogens is 1. The largest absolute Gasteiger partial charge is 0.387 e. The van der Waals surface area contributed by atoms with E-state index in [2.05, 4.69) is 6.92 Å². The maximum Gasteiger partial charge on any atom is 0.111 e. The van der Waals surface area contributed by atoms with Crippen molar-refractivity contribution in [3.8, 4) is 0 Å². The number of nitrogens with one attached hydrogen (secondary N) is 1. The van der Waals surface area contributed by atoms with Crippen LogP contribution in [0.15, 0.2) is 0 Å². The Labute approximate surface area is 61.8 Å². The van der Waals surface area contributed by atoms with Crippen LogP contribution in [-0.2, 0) is 0 Å². The first-order chi connectivity index (χ1) is 4.79. The Hall–Kier alpha value is -0.0800. The zero-order chi connectivity index (χ0) is 7.14. The van der Waals surface area contributed by atoms with Crippen LogP contribution in [0.3, 0.4) is 0 Å². The fourth-order valence-electron chi connectivity index (χ4n) is 2.46. The van der Waals surface area contributed by atoms with Gasteiger partial charge in [0.05, 0.1) is 13.1 Å². The minimum Gasteiger partial charge on any atom is -0.387 e. The van der Waals surface area contributed by atoms with Gasteiger partial charge in [0.1, 0.15) is 12.1 Å². The van der Waals surface area contributed by atoms with Crippen molar-refractivity contribution in [3.05, 3.63) is 0 Å². The van der Waals surface area contributed by atoms with Gasteiger partial charge in [-0.05, 0) is 6.92 Å². The Bertz CT molecular complexity index is 109. The highest BCUT2D eigenvalue weighted by Crippen LogP contribution is 2.21. The van der Waals surface area contributed by atoms with Crippen molar-refractivity contribution in [1.82, 2.24) is 0 Å². The molecule has 2 bridgehead atoms. The number of aliphatic hydroxyl groups is 1. The summed E-state index contributed by atoms with van der Waals surface area (Å²) in [5.41, 5.74) is 0. The molecule has 2 atom stereocenters. The van der Waals surface area contributed by atoms with Crippen molar-refractivity contribution in [2.75, 3.05) is 13.1 Å². The predicted molar refractivity (Wildman–Crippen MR) is 38.9 cm³/mol. The van der Waals surface area contributed by atoms with E-state index in [0.29, 0.717) is 12.0 Å². The van der Waals surface area contributed by atoms with Gasteiger partial charge in [0.2, 0.25) is 0 Å². The van der Waals surface area contributed by atoms with Crippen LogP contribution in [0.1, 0.15) is 19.8 Å². The molecule has 3 aliphatic heterocycles. The van der Waals surface area contributed by atoms with Gasteiger partial charge < -0.3 is 10.0 Å². The summed E-state index contributed by atoms with van der Waals surface area (Å²) < 4.78 is 0. The van der Waals surface area contributed by atoms with Crippen LogP contribution in [0.4, 0.5) is 0 Å². The SMILES string of the molecule is C[C@H]1[C@@H](O)C2CC[NH+]1CC2. The molecule has 0 aromatic carbocycles. The molecule has 0 spiro atoms. The average molecular weight is 142 g/mol. The van der Waals surface area contributed by atoms with Crippen LogP contribution in [0.2, 0.25) is 0 Å². The minimum atomic E-state index is -0.00231. The molecule has 0 aromatic rings. The molecule has 3 heterocycles. The highest BCUT2D eigenvalue weighted by molar-refractivity contribution is 4.80. The van der Waals surface area contributed by atoms with Crippen LogP contribution >= 0.6 is 0 Å². The molecule has 58 valence electrons. The standard InChI is InChI=1S/C8H15NO/c1-6-8(10)7-2-4-9(6)5-3-7/h6-8,10H,2-5H2,1H3/p+1/t6-,8+/m0/s1. The lowest BCUT2D eigenvalue weighted by atomic mass is 9.81. The van der Waals surface area contributed by atoms with E-state index in [1.165, 1.54) is 25.9 Å². The number of hydrogen-bond acceptors (Lipinski definition) is 1. The molecule has 0 amide bonds. The normalized spacial score (nSPS) is 53.4. The molecule has 2 N–H and O–H groups in total. The lowest BCUT2D eigenvalue weighted by Crippen LogP contribution is -3.19. The topological polar surface area (TPSA) is 24.7 Å². The molecule has 3 aliphatic rings. The van der Waals surface area contributed by atoms with Gasteiger partial charge in [0.15, 0.2) is 0 Å². The lowest BCUT2D eigenvalue weighted by molar-refractivity contribution is -0.944. The van der Waals surface area contributed by atoms with Crippen molar-refractivity contribution in [1.29, 1.82) is 0 Å². The van der Waals surface area contributed by atoms with Crippen molar-refractivity contribution < 1.29 is 10.0 Å². The summed E-state index contributed by atoms with van der Waals surface area (Å²) in [5.74, 6) is 0.632. The molecular formula is C8H16NO+. The van der Waals surface area contributed by atoms with Gasteiger partial charge in [-0.1, -0.05) is 0 Å². The first kappa shape index (κ1) is 6.62. The molecule has 0 radical (unpaired) electrons. The summed E-state index contributed by atoms with van der Waals surface area (Å²) in [6, 6.07) is 0.507. The minimum absolute atomic E-state index is 0.00231. The number of fused-ring (bicyclic) bond motifs is 3. The molecule has 0 aliphatic carbocycles. The van der Waals surface area contributed by atoms with Crippen molar-refractivity contribution in [2.45, 2.75) is 31.9 Å². The van der Waals surface area contributed by atoms with E-state index in [-0.39, 0.29) is 6.10 Å². The Morgan fingerprint density at radius 3 is 2.20 bits per heavy atom. The van der Waals surface area contributed by atoms with Gasteiger partial charge in [0.25, 0.3) is 0 Å². The van der Waals surface area contributed by atoms with Crippen molar-refractivity contribution in [2.24, 2.45) is 5.92 Å². The summed E-state index contributed by atoms with van der Waals surface area (Å²) in [6.07, 6.45) is 2.50. The second kappa shape index (κ2) is 2.21. The molecule has 0 unspecified atom stereocenters. The van der Waals surface area contributed by atoms with Crippen LogP contribution in [0, 0.1) is 5.92 Å². The van der Waals surface area contributed by atoms with Gasteiger partial charge in [-0.2, -0.15) is 0 Å². The molecule has 2 nitrogen and oxygen atoms in total. The Kier molecular flexibility index (Phi) is 1.46. The zero-order valence-corrected chi connectivity index (χ0v) is 6.51. The number of hydrogen-bond donors (Lipinski definition) is 2. The number of piperidine rings is 3. The third-order valence-electron chi connectivity index (χ3n) is 3.31. The van der Waals surface area contributed by atoms with Gasteiger partial charge >= 0.3 is 0 Å². The summed E-state index contributed by atoms with van der Waals surface area (Å²) >= 11 is 0. The predicted octanol–water partition coefficient (Wildman–Crippen LogP) is -0.956. The Balaban J connectivity index is 2.13. The van der Waals surface area contributed by atoms with Gasteiger partial charge in [-0.25, -0.2) is 0 Å². The molecule has 0 saturated carbocycles. The van der Waals surface area contributed by atoms with Crippen LogP contribution < -0.4 is 4.90 Å². The highest BCUT2D eigenvalue weighted by Gasteiger charge is 2.41. The van der Waals surface area contributed by atoms with Crippen molar-refractivity contribution in [3.63, 3.8) is 0 Å². The Morgan fingerprint density at radius 2 is 1.90 bits per heavy atom. The second-order valence-electron chi connectivity index (χ2n) is 3.77. The van der Waals surface area contributed by atoms with E-state index >= 15 is 0 Å². The molecule has 3 fully saturated rings. The van der Waals surface area contributed by atoms with Crippen LogP contribution in [0.25, 0.3) is 0 Å². The molecular weight excluding hydrogens is 126 g/mol. The molecule has 0 aromatic heterocycles. The zero-order valence-electron chi connectivity index (χ0n) is 6.51. The van der Waals surface area contributed by atoms with E-state index < -0.39 is 0 Å². The summed E-state index contributed by atoms with van der Waals surface area (Å²) in [4.78, 5) is 1.62. The maximum atomic E-state index is 9.65.